The van der Waals surface area contributed by atoms with Crippen LogP contribution in [0.4, 0.5) is 5.69 Å². The first-order chi connectivity index (χ1) is 22.3. The van der Waals surface area contributed by atoms with Crippen LogP contribution in [0.5, 0.6) is 0 Å². The van der Waals surface area contributed by atoms with E-state index in [1.165, 1.54) is 22.4 Å². The molecule has 5 N–H and O–H groups in total. The van der Waals surface area contributed by atoms with Crippen molar-refractivity contribution in [1.29, 1.82) is 0 Å². The summed E-state index contributed by atoms with van der Waals surface area (Å²) in [5.74, 6) is 7.00. The third-order valence-electron chi connectivity index (χ3n) is 10.7. The zero-order chi connectivity index (χ0) is 34.1. The topological polar surface area (TPSA) is 122 Å². The van der Waals surface area contributed by atoms with E-state index in [4.69, 9.17) is 34.7 Å². The fraction of sp³-hybridized carbons (Fsp3) is 0.447. The first-order valence-electron chi connectivity index (χ1n) is 16.2. The Kier molecular flexibility index (Phi) is 10.3. The Balaban J connectivity index is 0.000000244. The van der Waals surface area contributed by atoms with Crippen LogP contribution in [0.25, 0.3) is 0 Å². The van der Waals surface area contributed by atoms with Crippen LogP contribution >= 0.6 is 23.2 Å². The number of aliphatic imine (C=N–C) groups is 1. The number of hydrogen-bond donors (Lipinski definition) is 3. The van der Waals surface area contributed by atoms with Crippen molar-refractivity contribution in [1.82, 2.24) is 0 Å². The van der Waals surface area contributed by atoms with Crippen LogP contribution in [0, 0.1) is 29.1 Å². The number of nitrogens with zero attached hydrogens (tertiary/aromatic N) is 2. The summed E-state index contributed by atoms with van der Waals surface area (Å²) in [6, 6.07) is 14.0. The molecular weight excluding hydrogens is 631 g/mol. The number of benzene rings is 2. The molecule has 0 saturated heterocycles. The maximum absolute atomic E-state index is 12.2. The number of guanidine groups is 1. The summed E-state index contributed by atoms with van der Waals surface area (Å²) in [5.41, 5.74) is 16.4. The third kappa shape index (κ3) is 6.88. The highest BCUT2D eigenvalue weighted by atomic mass is 35.5. The second-order valence-electron chi connectivity index (χ2n) is 13.6. The van der Waals surface area contributed by atoms with Crippen LogP contribution in [0.15, 0.2) is 70.3 Å². The maximum atomic E-state index is 12.2. The fourth-order valence-corrected chi connectivity index (χ4v) is 8.95. The van der Waals surface area contributed by atoms with Crippen LogP contribution < -0.4 is 16.4 Å². The Morgan fingerprint density at radius 1 is 1.06 bits per heavy atom. The Morgan fingerprint density at radius 3 is 2.36 bits per heavy atom. The van der Waals surface area contributed by atoms with E-state index in [9.17, 15) is 14.7 Å². The quantitative estimate of drug-likeness (QED) is 0.188. The van der Waals surface area contributed by atoms with Gasteiger partial charge in [0.2, 0.25) is 0 Å². The molecule has 0 heterocycles. The molecule has 5 atom stereocenters. The van der Waals surface area contributed by atoms with E-state index in [0.717, 1.165) is 38.5 Å². The number of carbonyl (C=O) groups is 2. The number of aliphatic hydroxyl groups is 1. The summed E-state index contributed by atoms with van der Waals surface area (Å²) in [6.45, 7) is 4.15. The van der Waals surface area contributed by atoms with Crippen LogP contribution in [0.2, 0.25) is 10.0 Å². The average Bonchev–Trinajstić information content (AvgIpc) is 3.28. The lowest BCUT2D eigenvalue weighted by Gasteiger charge is -2.53. The smallest absolute Gasteiger partial charge is 0.253 e. The monoisotopic (exact) mass is 674 g/mol. The van der Waals surface area contributed by atoms with Crippen molar-refractivity contribution < 1.29 is 14.7 Å². The number of nitrogens with two attached hydrogens (primary N) is 2. The van der Waals surface area contributed by atoms with Crippen molar-refractivity contribution in [2.24, 2.45) is 33.7 Å². The zero-order valence-corrected chi connectivity index (χ0v) is 29.1. The first kappa shape index (κ1) is 34.8. The van der Waals surface area contributed by atoms with Gasteiger partial charge in [0.1, 0.15) is 5.60 Å². The molecular formula is C38H44Cl2N4O3. The van der Waals surface area contributed by atoms with Crippen molar-refractivity contribution >= 4 is 46.5 Å². The van der Waals surface area contributed by atoms with E-state index in [-0.39, 0.29) is 29.5 Å². The van der Waals surface area contributed by atoms with Gasteiger partial charge in [0, 0.05) is 47.6 Å². The number of halogens is 2. The van der Waals surface area contributed by atoms with E-state index in [2.05, 4.69) is 67.0 Å². The van der Waals surface area contributed by atoms with Gasteiger partial charge in [0.15, 0.2) is 11.7 Å². The zero-order valence-electron chi connectivity index (χ0n) is 27.6. The maximum Gasteiger partial charge on any atom is 0.253 e. The molecule has 4 aliphatic rings. The van der Waals surface area contributed by atoms with E-state index < -0.39 is 11.5 Å². The standard InChI is InChI=1S/C29H35NO2.C9H9Cl2N3O/c1-5-15-29(32)16-14-26-24-12-8-20-17-22(31)11-13-23(20)27(24)25(18-28(26,29)2)19-6-9-21(10-7-19)30(3)4;10-6-2-1-3-7(11)5(6)4-8(15)14-9(12)13/h6-7,9-10,17,24-26,32H,8,11-14,16,18H2,1-4H3;1-3H,4H2,(H4,12,13,14,15)/t24-,25+,26-,28-,29-;/m0./s1. The number of fused-ring (bicyclic) bond motifs is 4. The van der Waals surface area contributed by atoms with Gasteiger partial charge in [0.25, 0.3) is 5.91 Å². The molecule has 2 aromatic rings. The molecule has 7 nitrogen and oxygen atoms in total. The third-order valence-corrected chi connectivity index (χ3v) is 11.4. The van der Waals surface area contributed by atoms with Gasteiger partial charge in [-0.1, -0.05) is 59.8 Å². The largest absolute Gasteiger partial charge is 0.378 e. The minimum atomic E-state index is -0.914. The van der Waals surface area contributed by atoms with Crippen LogP contribution in [0.1, 0.15) is 75.8 Å². The summed E-state index contributed by atoms with van der Waals surface area (Å²) < 4.78 is 0. The van der Waals surface area contributed by atoms with E-state index in [1.54, 1.807) is 23.8 Å². The lowest BCUT2D eigenvalue weighted by molar-refractivity contribution is -0.117. The molecule has 6 rings (SSSR count). The van der Waals surface area contributed by atoms with Gasteiger partial charge >= 0.3 is 0 Å². The van der Waals surface area contributed by atoms with Gasteiger partial charge in [-0.25, -0.2) is 0 Å². The highest BCUT2D eigenvalue weighted by molar-refractivity contribution is 6.36. The summed E-state index contributed by atoms with van der Waals surface area (Å²) in [5, 5.41) is 12.6. The molecule has 47 heavy (non-hydrogen) atoms. The van der Waals surface area contributed by atoms with Crippen molar-refractivity contribution in [2.75, 3.05) is 19.0 Å². The normalized spacial score (nSPS) is 27.5. The average molecular weight is 676 g/mol. The molecule has 0 aromatic heterocycles. The lowest BCUT2D eigenvalue weighted by Crippen LogP contribution is -2.51. The number of ketones is 1. The second-order valence-corrected chi connectivity index (χ2v) is 14.4. The van der Waals surface area contributed by atoms with Crippen molar-refractivity contribution in [2.45, 2.75) is 76.7 Å². The predicted molar refractivity (Wildman–Crippen MR) is 190 cm³/mol. The SMILES string of the molecule is CC#C[C@]1(O)CC[C@H]2[C@@H]3CCC4=CC(=O)CCC4=C3[C@@H](c3ccc(N(C)C)cc3)C[C@@]21C.NC(N)=NC(=O)Cc1c(Cl)cccc1Cl. The highest BCUT2D eigenvalue weighted by Crippen LogP contribution is 2.66. The molecule has 2 fully saturated rings. The number of amides is 1. The van der Waals surface area contributed by atoms with E-state index in [1.807, 2.05) is 13.0 Å². The molecule has 248 valence electrons. The van der Waals surface area contributed by atoms with Gasteiger partial charge in [-0.2, -0.15) is 4.99 Å². The number of rotatable bonds is 4. The van der Waals surface area contributed by atoms with Crippen molar-refractivity contribution in [3.05, 3.63) is 86.4 Å². The minimum Gasteiger partial charge on any atom is -0.378 e. The van der Waals surface area contributed by atoms with Crippen LogP contribution in [-0.2, 0) is 16.0 Å². The van der Waals surface area contributed by atoms with Gasteiger partial charge in [-0.15, -0.1) is 5.92 Å². The number of hydrogen-bond acceptors (Lipinski definition) is 4. The Morgan fingerprint density at radius 2 is 1.74 bits per heavy atom. The van der Waals surface area contributed by atoms with E-state index in [0.29, 0.717) is 33.9 Å². The number of carbonyl (C=O) groups excluding carboxylic acids is 2. The fourth-order valence-electron chi connectivity index (χ4n) is 8.42. The molecule has 2 saturated carbocycles. The summed E-state index contributed by atoms with van der Waals surface area (Å²) in [6.07, 6.45) is 8.22. The molecule has 0 aliphatic heterocycles. The minimum absolute atomic E-state index is 0.0175. The summed E-state index contributed by atoms with van der Waals surface area (Å²) >= 11 is 11.7. The van der Waals surface area contributed by atoms with Gasteiger partial charge in [-0.3, -0.25) is 9.59 Å². The Hall–Kier alpha value is -3.57. The molecule has 9 heteroatoms. The van der Waals surface area contributed by atoms with Crippen LogP contribution in [0.3, 0.4) is 0 Å². The van der Waals surface area contributed by atoms with Crippen LogP contribution in [-0.4, -0.2) is 42.5 Å². The highest BCUT2D eigenvalue weighted by Gasteiger charge is 2.62. The Labute approximate surface area is 288 Å². The van der Waals surface area contributed by atoms with Gasteiger partial charge in [-0.05, 0) is 110 Å². The molecule has 0 unspecified atom stereocenters. The molecule has 0 bridgehead atoms. The lowest BCUT2D eigenvalue weighted by atomic mass is 9.51. The predicted octanol–water partition coefficient (Wildman–Crippen LogP) is 6.74. The molecule has 4 aliphatic carbocycles. The van der Waals surface area contributed by atoms with Gasteiger partial charge in [0.05, 0.1) is 6.42 Å². The van der Waals surface area contributed by atoms with Crippen molar-refractivity contribution in [3.8, 4) is 11.8 Å². The molecule has 1 amide bonds. The number of allylic oxidation sites excluding steroid dienone is 4. The molecule has 0 radical (unpaired) electrons. The van der Waals surface area contributed by atoms with Gasteiger partial charge < -0.3 is 21.5 Å². The number of anilines is 1. The summed E-state index contributed by atoms with van der Waals surface area (Å²) in [7, 11) is 4.14. The molecule has 2 aromatic carbocycles. The summed E-state index contributed by atoms with van der Waals surface area (Å²) in [4.78, 5) is 28.9. The van der Waals surface area contributed by atoms with E-state index >= 15 is 0 Å². The van der Waals surface area contributed by atoms with Crippen molar-refractivity contribution in [3.63, 3.8) is 0 Å². The molecule has 0 spiro atoms. The second kappa shape index (κ2) is 13.9. The Bertz CT molecular complexity index is 1690. The first-order valence-corrected chi connectivity index (χ1v) is 17.0.